The summed E-state index contributed by atoms with van der Waals surface area (Å²) in [5.74, 6) is 5.37. The van der Waals surface area contributed by atoms with Crippen LogP contribution in [0.2, 0.25) is 0 Å². The van der Waals surface area contributed by atoms with Gasteiger partial charge in [-0.15, -0.1) is 23.5 Å². The van der Waals surface area contributed by atoms with Crippen molar-refractivity contribution in [2.24, 2.45) is 23.7 Å². The molecule has 0 aromatic heterocycles. The van der Waals surface area contributed by atoms with E-state index in [9.17, 15) is 4.79 Å². The molecule has 0 radical (unpaired) electrons. The van der Waals surface area contributed by atoms with Gasteiger partial charge in [0.1, 0.15) is 0 Å². The Morgan fingerprint density at radius 3 is 2.29 bits per heavy atom. The van der Waals surface area contributed by atoms with Gasteiger partial charge in [-0.3, -0.25) is 9.69 Å². The minimum atomic E-state index is 0.247. The third kappa shape index (κ3) is 4.13. The quantitative estimate of drug-likeness (QED) is 0.670. The van der Waals surface area contributed by atoms with Crippen LogP contribution in [0.15, 0.2) is 0 Å². The molecular formula is C22H38N2O2S2. The Labute approximate surface area is 179 Å². The Morgan fingerprint density at radius 2 is 1.71 bits per heavy atom. The summed E-state index contributed by atoms with van der Waals surface area (Å²) in [6, 6.07) is 0.454. The first-order chi connectivity index (χ1) is 13.7. The van der Waals surface area contributed by atoms with Crippen LogP contribution < -0.4 is 5.32 Å². The van der Waals surface area contributed by atoms with Crippen molar-refractivity contribution in [3.63, 3.8) is 0 Å². The van der Waals surface area contributed by atoms with E-state index in [-0.39, 0.29) is 5.92 Å². The fourth-order valence-electron chi connectivity index (χ4n) is 6.30. The van der Waals surface area contributed by atoms with Gasteiger partial charge in [-0.2, -0.15) is 0 Å². The van der Waals surface area contributed by atoms with Crippen LogP contribution in [0.4, 0.5) is 0 Å². The van der Waals surface area contributed by atoms with E-state index < -0.39 is 0 Å². The fraction of sp³-hybridized carbons (Fsp3) is 0.955. The van der Waals surface area contributed by atoms with Gasteiger partial charge >= 0.3 is 0 Å². The second-order valence-corrected chi connectivity index (χ2v) is 12.1. The van der Waals surface area contributed by atoms with Crippen molar-refractivity contribution in [3.05, 3.63) is 0 Å². The van der Waals surface area contributed by atoms with E-state index in [2.05, 4.69) is 47.6 Å². The molecule has 1 N–H and O–H groups in total. The van der Waals surface area contributed by atoms with Crippen molar-refractivity contribution >= 4 is 29.4 Å². The zero-order valence-electron chi connectivity index (χ0n) is 17.7. The van der Waals surface area contributed by atoms with E-state index in [0.717, 1.165) is 57.5 Å². The molecule has 3 atom stereocenters. The second-order valence-electron chi connectivity index (χ2n) is 9.10. The van der Waals surface area contributed by atoms with Gasteiger partial charge in [-0.05, 0) is 43.4 Å². The molecule has 2 bridgehead atoms. The Balaban J connectivity index is 1.35. The number of thioether (sulfide) groups is 2. The van der Waals surface area contributed by atoms with Crippen LogP contribution in [0.25, 0.3) is 0 Å². The van der Waals surface area contributed by atoms with Gasteiger partial charge in [0, 0.05) is 43.1 Å². The fourth-order valence-corrected chi connectivity index (χ4v) is 10.2. The van der Waals surface area contributed by atoms with E-state index in [1.54, 1.807) is 0 Å². The standard InChI is InChI=1S/C22H38N2O2S2/c1-3-16(4-2)20(24-7-9-26-10-8-24)15-23-21(25)17-13-18-5-6-19(14-17)22(18)27-11-12-28-22/h16-20H,3-15H2,1-2H3,(H,23,25). The topological polar surface area (TPSA) is 41.6 Å². The van der Waals surface area contributed by atoms with Crippen LogP contribution in [0.5, 0.6) is 0 Å². The summed E-state index contributed by atoms with van der Waals surface area (Å²) in [6.07, 6.45) is 7.29. The lowest BCUT2D eigenvalue weighted by atomic mass is 9.79. The Hall–Kier alpha value is 0.0900. The number of hydrogen-bond donors (Lipinski definition) is 1. The molecule has 4 aliphatic rings. The first-order valence-electron chi connectivity index (χ1n) is 11.5. The van der Waals surface area contributed by atoms with Gasteiger partial charge < -0.3 is 10.1 Å². The minimum absolute atomic E-state index is 0.247. The maximum absolute atomic E-state index is 13.1. The monoisotopic (exact) mass is 426 g/mol. The predicted molar refractivity (Wildman–Crippen MR) is 120 cm³/mol. The second kappa shape index (κ2) is 9.49. The van der Waals surface area contributed by atoms with Crippen molar-refractivity contribution < 1.29 is 9.53 Å². The van der Waals surface area contributed by atoms with E-state index in [1.165, 1.54) is 37.2 Å². The molecule has 4 rings (SSSR count). The van der Waals surface area contributed by atoms with Gasteiger partial charge in [0.25, 0.3) is 0 Å². The third-order valence-corrected chi connectivity index (χ3v) is 11.9. The van der Waals surface area contributed by atoms with Crippen molar-refractivity contribution in [2.75, 3.05) is 44.4 Å². The Kier molecular flexibility index (Phi) is 7.23. The van der Waals surface area contributed by atoms with Crippen LogP contribution in [0, 0.1) is 23.7 Å². The van der Waals surface area contributed by atoms with Gasteiger partial charge in [0.15, 0.2) is 0 Å². The number of nitrogens with zero attached hydrogens (tertiary/aromatic N) is 1. The lowest BCUT2D eigenvalue weighted by Gasteiger charge is -2.43. The number of ether oxygens (including phenoxy) is 1. The molecule has 0 aromatic rings. The van der Waals surface area contributed by atoms with Gasteiger partial charge in [-0.25, -0.2) is 0 Å². The third-order valence-electron chi connectivity index (χ3n) is 7.84. The highest BCUT2D eigenvalue weighted by Crippen LogP contribution is 2.65. The van der Waals surface area contributed by atoms with Crippen molar-refractivity contribution in [1.82, 2.24) is 10.2 Å². The number of carbonyl (C=O) groups is 1. The molecule has 2 saturated carbocycles. The summed E-state index contributed by atoms with van der Waals surface area (Å²) in [5, 5.41) is 3.41. The summed E-state index contributed by atoms with van der Waals surface area (Å²) < 4.78 is 6.04. The molecule has 160 valence electrons. The van der Waals surface area contributed by atoms with Gasteiger partial charge in [0.05, 0.1) is 17.3 Å². The molecule has 0 aromatic carbocycles. The number of amides is 1. The van der Waals surface area contributed by atoms with Crippen LogP contribution in [0.3, 0.4) is 0 Å². The number of nitrogens with one attached hydrogen (secondary N) is 1. The molecule has 2 aliphatic carbocycles. The minimum Gasteiger partial charge on any atom is -0.379 e. The Morgan fingerprint density at radius 1 is 1.11 bits per heavy atom. The maximum Gasteiger partial charge on any atom is 0.223 e. The average molecular weight is 427 g/mol. The molecule has 6 heteroatoms. The van der Waals surface area contributed by atoms with Crippen LogP contribution in [0.1, 0.15) is 52.4 Å². The largest absolute Gasteiger partial charge is 0.379 e. The van der Waals surface area contributed by atoms with E-state index in [0.29, 0.717) is 21.9 Å². The lowest BCUT2D eigenvalue weighted by molar-refractivity contribution is -0.127. The number of hydrogen-bond acceptors (Lipinski definition) is 5. The summed E-state index contributed by atoms with van der Waals surface area (Å²) in [5.41, 5.74) is 0. The molecule has 3 unspecified atom stereocenters. The SMILES string of the molecule is CCC(CC)C(CNC(=O)C1CC2CCC(C1)C21SCCS1)N1CCOCC1. The number of morpholine rings is 1. The maximum atomic E-state index is 13.1. The molecule has 2 aliphatic heterocycles. The highest BCUT2D eigenvalue weighted by atomic mass is 32.2. The molecule has 2 heterocycles. The smallest absolute Gasteiger partial charge is 0.223 e. The van der Waals surface area contributed by atoms with Crippen LogP contribution in [-0.4, -0.2) is 65.3 Å². The zero-order chi connectivity index (χ0) is 19.6. The highest BCUT2D eigenvalue weighted by Gasteiger charge is 2.57. The van der Waals surface area contributed by atoms with Crippen molar-refractivity contribution in [1.29, 1.82) is 0 Å². The van der Waals surface area contributed by atoms with Gasteiger partial charge in [-0.1, -0.05) is 26.7 Å². The molecule has 2 saturated heterocycles. The normalized spacial score (nSPS) is 33.5. The van der Waals surface area contributed by atoms with Crippen molar-refractivity contribution in [2.45, 2.75) is 62.5 Å². The molecule has 1 spiro atoms. The summed E-state index contributed by atoms with van der Waals surface area (Å²) in [6.45, 7) is 9.05. The first-order valence-corrected chi connectivity index (χ1v) is 13.5. The van der Waals surface area contributed by atoms with Crippen LogP contribution in [-0.2, 0) is 9.53 Å². The summed E-state index contributed by atoms with van der Waals surface area (Å²) in [4.78, 5) is 15.7. The number of carbonyl (C=O) groups excluding carboxylic acids is 1. The molecule has 28 heavy (non-hydrogen) atoms. The molecular weight excluding hydrogens is 388 g/mol. The highest BCUT2D eigenvalue weighted by molar-refractivity contribution is 8.21. The van der Waals surface area contributed by atoms with E-state index in [4.69, 9.17) is 4.74 Å². The van der Waals surface area contributed by atoms with Gasteiger partial charge in [0.2, 0.25) is 5.91 Å². The summed E-state index contributed by atoms with van der Waals surface area (Å²) >= 11 is 4.44. The molecule has 1 amide bonds. The molecule has 4 nitrogen and oxygen atoms in total. The predicted octanol–water partition coefficient (Wildman–Crippen LogP) is 3.85. The van der Waals surface area contributed by atoms with Crippen LogP contribution >= 0.6 is 23.5 Å². The lowest BCUT2D eigenvalue weighted by Crippen LogP contribution is -2.53. The van der Waals surface area contributed by atoms with E-state index in [1.807, 2.05) is 0 Å². The number of rotatable bonds is 7. The van der Waals surface area contributed by atoms with E-state index >= 15 is 0 Å². The average Bonchev–Trinajstić information content (AvgIpc) is 3.26. The zero-order valence-corrected chi connectivity index (χ0v) is 19.3. The first kappa shape index (κ1) is 21.3. The summed E-state index contributed by atoms with van der Waals surface area (Å²) in [7, 11) is 0. The van der Waals surface area contributed by atoms with Crippen molar-refractivity contribution in [3.8, 4) is 0 Å². The molecule has 4 fully saturated rings. The Bertz CT molecular complexity index is 515.